The number of aliphatic hydroxyl groups excluding tert-OH is 1. The molecule has 0 aliphatic carbocycles. The molecule has 0 unspecified atom stereocenters. The lowest BCUT2D eigenvalue weighted by Gasteiger charge is -2.35. The Bertz CT molecular complexity index is 1180. The van der Waals surface area contributed by atoms with Gasteiger partial charge >= 0.3 is 0 Å². The standard InChI is InChI=1S/C23H25F2N5O3/c1-29-4-6-30(7-5-29)20-11-15-19(12-21(20)33-9-8-31)27-13-16(23(26)32)22(15)28-18-3-2-14(24)10-17(18)25/h2-3,10-13,31H,4-9H2,1H3,(H2,26,32)(H,27,28). The van der Waals surface area contributed by atoms with Crippen molar-refractivity contribution >= 4 is 33.9 Å². The summed E-state index contributed by atoms with van der Waals surface area (Å²) in [6.45, 7) is 3.15. The van der Waals surface area contributed by atoms with Crippen LogP contribution < -0.4 is 20.7 Å². The third-order valence-electron chi connectivity index (χ3n) is 5.60. The number of pyridine rings is 1. The Balaban J connectivity index is 1.87. The highest BCUT2D eigenvalue weighted by Gasteiger charge is 2.22. The molecule has 0 spiro atoms. The smallest absolute Gasteiger partial charge is 0.252 e. The quantitative estimate of drug-likeness (QED) is 0.501. The number of nitrogens with one attached hydrogen (secondary N) is 1. The van der Waals surface area contributed by atoms with Gasteiger partial charge in [0.15, 0.2) is 0 Å². The zero-order chi connectivity index (χ0) is 23.5. The van der Waals surface area contributed by atoms with Crippen LogP contribution in [0.3, 0.4) is 0 Å². The molecule has 0 atom stereocenters. The van der Waals surface area contributed by atoms with E-state index >= 15 is 0 Å². The van der Waals surface area contributed by atoms with Crippen molar-refractivity contribution in [1.29, 1.82) is 0 Å². The van der Waals surface area contributed by atoms with E-state index in [4.69, 9.17) is 10.5 Å². The third-order valence-corrected chi connectivity index (χ3v) is 5.60. The van der Waals surface area contributed by atoms with Crippen LogP contribution in [-0.4, -0.2) is 67.3 Å². The van der Waals surface area contributed by atoms with Crippen LogP contribution in [0.25, 0.3) is 10.9 Å². The molecule has 174 valence electrons. The molecule has 0 bridgehead atoms. The summed E-state index contributed by atoms with van der Waals surface area (Å²) >= 11 is 0. The summed E-state index contributed by atoms with van der Waals surface area (Å²) in [5, 5.41) is 12.7. The average Bonchev–Trinajstić information content (AvgIpc) is 2.79. The molecule has 3 aromatic rings. The highest BCUT2D eigenvalue weighted by molar-refractivity contribution is 6.08. The van der Waals surface area contributed by atoms with Gasteiger partial charge in [-0.2, -0.15) is 0 Å². The number of ether oxygens (including phenoxy) is 1. The summed E-state index contributed by atoms with van der Waals surface area (Å²) in [6, 6.07) is 6.66. The third kappa shape index (κ3) is 4.81. The van der Waals surface area contributed by atoms with Gasteiger partial charge in [0.2, 0.25) is 0 Å². The predicted octanol–water partition coefficient (Wildman–Crippen LogP) is 2.48. The number of anilines is 3. The number of hydrogen-bond acceptors (Lipinski definition) is 7. The molecule has 2 aromatic carbocycles. The molecule has 2 heterocycles. The largest absolute Gasteiger partial charge is 0.489 e. The first-order chi connectivity index (χ1) is 15.9. The molecule has 1 fully saturated rings. The summed E-state index contributed by atoms with van der Waals surface area (Å²) in [6.07, 6.45) is 1.31. The van der Waals surface area contributed by atoms with Crippen LogP contribution in [0, 0.1) is 11.6 Å². The monoisotopic (exact) mass is 457 g/mol. The van der Waals surface area contributed by atoms with Crippen LogP contribution >= 0.6 is 0 Å². The maximum Gasteiger partial charge on any atom is 0.252 e. The highest BCUT2D eigenvalue weighted by atomic mass is 19.1. The minimum absolute atomic E-state index is 0.00634. The van der Waals surface area contributed by atoms with Crippen molar-refractivity contribution in [3.8, 4) is 5.75 Å². The summed E-state index contributed by atoms with van der Waals surface area (Å²) in [7, 11) is 2.04. The van der Waals surface area contributed by atoms with E-state index in [9.17, 15) is 18.7 Å². The average molecular weight is 457 g/mol. The molecule has 4 rings (SSSR count). The molecule has 33 heavy (non-hydrogen) atoms. The fourth-order valence-electron chi connectivity index (χ4n) is 3.82. The molecule has 1 aromatic heterocycles. The highest BCUT2D eigenvalue weighted by Crippen LogP contribution is 2.38. The first-order valence-corrected chi connectivity index (χ1v) is 10.5. The van der Waals surface area contributed by atoms with Crippen molar-refractivity contribution in [3.63, 3.8) is 0 Å². The number of hydrogen-bond donors (Lipinski definition) is 3. The van der Waals surface area contributed by atoms with E-state index in [1.165, 1.54) is 12.3 Å². The van der Waals surface area contributed by atoms with Crippen molar-refractivity contribution < 1.29 is 23.4 Å². The minimum Gasteiger partial charge on any atom is -0.489 e. The summed E-state index contributed by atoms with van der Waals surface area (Å²) in [5.74, 6) is -1.72. The maximum atomic E-state index is 14.4. The van der Waals surface area contributed by atoms with Gasteiger partial charge in [-0.1, -0.05) is 0 Å². The van der Waals surface area contributed by atoms with Gasteiger partial charge in [0.25, 0.3) is 5.91 Å². The number of fused-ring (bicyclic) bond motifs is 1. The van der Waals surface area contributed by atoms with Crippen LogP contribution in [0.1, 0.15) is 10.4 Å². The number of nitrogens with zero attached hydrogens (tertiary/aromatic N) is 3. The first kappa shape index (κ1) is 22.7. The number of carbonyl (C=O) groups is 1. The molecule has 1 amide bonds. The van der Waals surface area contributed by atoms with Crippen molar-refractivity contribution in [3.05, 3.63) is 53.7 Å². The fraction of sp³-hybridized carbons (Fsp3) is 0.304. The van der Waals surface area contributed by atoms with Gasteiger partial charge in [-0.05, 0) is 25.2 Å². The molecule has 0 saturated carbocycles. The number of aromatic nitrogens is 1. The van der Waals surface area contributed by atoms with Gasteiger partial charge in [-0.3, -0.25) is 9.78 Å². The van der Waals surface area contributed by atoms with Gasteiger partial charge in [-0.25, -0.2) is 8.78 Å². The van der Waals surface area contributed by atoms with Gasteiger partial charge in [0.05, 0.1) is 34.7 Å². The van der Waals surface area contributed by atoms with E-state index in [1.807, 2.05) is 13.1 Å². The second kappa shape index (κ2) is 9.55. The van der Waals surface area contributed by atoms with E-state index in [0.29, 0.717) is 16.7 Å². The zero-order valence-electron chi connectivity index (χ0n) is 18.1. The molecule has 1 aliphatic rings. The number of primary amides is 1. The number of amides is 1. The molecule has 0 radical (unpaired) electrons. The number of halogens is 2. The molecular weight excluding hydrogens is 432 g/mol. The van der Waals surface area contributed by atoms with Crippen molar-refractivity contribution in [2.24, 2.45) is 5.73 Å². The van der Waals surface area contributed by atoms with Gasteiger partial charge in [-0.15, -0.1) is 0 Å². The summed E-state index contributed by atoms with van der Waals surface area (Å²) < 4.78 is 33.6. The Kier molecular flexibility index (Phi) is 6.57. The first-order valence-electron chi connectivity index (χ1n) is 10.5. The fourth-order valence-corrected chi connectivity index (χ4v) is 3.82. The second-order valence-electron chi connectivity index (χ2n) is 7.86. The van der Waals surface area contributed by atoms with Crippen LogP contribution in [0.5, 0.6) is 5.75 Å². The van der Waals surface area contributed by atoms with Crippen molar-refractivity contribution in [2.75, 3.05) is 56.7 Å². The van der Waals surface area contributed by atoms with Crippen molar-refractivity contribution in [1.82, 2.24) is 9.88 Å². The molecular formula is C23H25F2N5O3. The lowest BCUT2D eigenvalue weighted by Crippen LogP contribution is -2.44. The van der Waals surface area contributed by atoms with E-state index in [1.54, 1.807) is 6.07 Å². The van der Waals surface area contributed by atoms with Crippen LogP contribution in [0.15, 0.2) is 36.5 Å². The minimum atomic E-state index is -0.808. The number of aliphatic hydroxyl groups is 1. The predicted molar refractivity (Wildman–Crippen MR) is 122 cm³/mol. The zero-order valence-corrected chi connectivity index (χ0v) is 18.1. The maximum absolute atomic E-state index is 14.4. The van der Waals surface area contributed by atoms with E-state index in [-0.39, 0.29) is 30.2 Å². The van der Waals surface area contributed by atoms with Crippen LogP contribution in [-0.2, 0) is 0 Å². The lowest BCUT2D eigenvalue weighted by atomic mass is 10.1. The Hall–Kier alpha value is -3.50. The van der Waals surface area contributed by atoms with E-state index in [2.05, 4.69) is 20.1 Å². The van der Waals surface area contributed by atoms with E-state index < -0.39 is 17.5 Å². The Labute approximate surface area is 189 Å². The molecule has 4 N–H and O–H groups in total. The molecule has 1 saturated heterocycles. The Morgan fingerprint density at radius 3 is 2.64 bits per heavy atom. The number of likely N-dealkylation sites (N-methyl/N-ethyl adjacent to an activating group) is 1. The number of carbonyl (C=O) groups excluding carboxylic acids is 1. The molecule has 10 heteroatoms. The Morgan fingerprint density at radius 2 is 1.97 bits per heavy atom. The topological polar surface area (TPSA) is 104 Å². The SMILES string of the molecule is CN1CCN(c2cc3c(Nc4ccc(F)cc4F)c(C(N)=O)cnc3cc2OCCO)CC1. The lowest BCUT2D eigenvalue weighted by molar-refractivity contribution is 0.100. The molecule has 8 nitrogen and oxygen atoms in total. The number of nitrogens with two attached hydrogens (primary N) is 1. The number of benzene rings is 2. The molecule has 1 aliphatic heterocycles. The van der Waals surface area contributed by atoms with E-state index in [0.717, 1.165) is 44.0 Å². The Morgan fingerprint density at radius 1 is 1.21 bits per heavy atom. The van der Waals surface area contributed by atoms with Crippen LogP contribution in [0.2, 0.25) is 0 Å². The number of piperazine rings is 1. The number of rotatable bonds is 7. The second-order valence-corrected chi connectivity index (χ2v) is 7.86. The van der Waals surface area contributed by atoms with Crippen LogP contribution in [0.4, 0.5) is 25.8 Å². The normalized spacial score (nSPS) is 14.5. The summed E-state index contributed by atoms with van der Waals surface area (Å²) in [5.41, 5.74) is 7.14. The van der Waals surface area contributed by atoms with Crippen molar-refractivity contribution in [2.45, 2.75) is 0 Å². The van der Waals surface area contributed by atoms with Gasteiger partial charge < -0.3 is 30.7 Å². The van der Waals surface area contributed by atoms with Gasteiger partial charge in [0.1, 0.15) is 24.0 Å². The van der Waals surface area contributed by atoms with Gasteiger partial charge in [0, 0.05) is 49.9 Å². The summed E-state index contributed by atoms with van der Waals surface area (Å²) in [4.78, 5) is 20.8.